The average Bonchev–Trinajstić information content (AvgIpc) is 2.75. The van der Waals surface area contributed by atoms with Crippen molar-refractivity contribution < 1.29 is 10.0 Å². The molecule has 1 atom stereocenters. The minimum atomic E-state index is -0.123. The fourth-order valence-corrected chi connectivity index (χ4v) is 6.06. The summed E-state index contributed by atoms with van der Waals surface area (Å²) in [6, 6.07) is 0. The second-order valence-electron chi connectivity index (χ2n) is 10.1. The predicted octanol–water partition coefficient (Wildman–Crippen LogP) is 5.15. The molecule has 0 saturated heterocycles. The van der Waals surface area contributed by atoms with E-state index in [1.54, 1.807) is 0 Å². The van der Waals surface area contributed by atoms with E-state index in [0.717, 1.165) is 36.9 Å². The Balaban J connectivity index is 0. The monoisotopic (exact) mass is 558 g/mol. The van der Waals surface area contributed by atoms with E-state index in [2.05, 4.69) is 82.5 Å². The standard InChI is InChI=1S/C23H50N4O2S4.CH4/c1-7-26(29)16-20(28)24-18-22(3,4)10-14-32-12-9-13-33-15-11-23(5,6)19-25-21(30)17-27(31)8-2;/h21,25,29-31H,7-19H2,1-6H3,(H,24,28);1H4. The maximum Gasteiger partial charge on any atom is 0.236 e. The molecule has 34 heavy (non-hydrogen) atoms. The Labute approximate surface area is 230 Å². The molecular weight excluding hydrogens is 505 g/mol. The lowest BCUT2D eigenvalue weighted by Crippen LogP contribution is -2.40. The maximum absolute atomic E-state index is 11.8. The van der Waals surface area contributed by atoms with Crippen molar-refractivity contribution in [1.82, 2.24) is 20.0 Å². The van der Waals surface area contributed by atoms with Crippen LogP contribution in [0, 0.1) is 10.8 Å². The summed E-state index contributed by atoms with van der Waals surface area (Å²) in [6.45, 7) is 16.8. The molecule has 0 radical (unpaired) electrons. The molecule has 1 unspecified atom stereocenters. The van der Waals surface area contributed by atoms with E-state index >= 15 is 0 Å². The average molecular weight is 559 g/mol. The van der Waals surface area contributed by atoms with Crippen LogP contribution in [0.15, 0.2) is 0 Å². The van der Waals surface area contributed by atoms with Gasteiger partial charge in [-0.3, -0.25) is 9.10 Å². The number of likely N-dealkylation sites (N-methyl/N-ethyl adjacent to an activating group) is 2. The van der Waals surface area contributed by atoms with Crippen LogP contribution in [-0.2, 0) is 4.79 Å². The number of thiol groups is 2. The zero-order valence-electron chi connectivity index (χ0n) is 21.7. The molecule has 0 bridgehead atoms. The molecule has 0 aromatic rings. The molecule has 0 aliphatic rings. The van der Waals surface area contributed by atoms with Crippen LogP contribution >= 0.6 is 49.0 Å². The van der Waals surface area contributed by atoms with Gasteiger partial charge in [-0.1, -0.05) is 61.8 Å². The normalized spacial score (nSPS) is 13.3. The molecule has 0 aliphatic carbocycles. The predicted molar refractivity (Wildman–Crippen MR) is 162 cm³/mol. The minimum absolute atomic E-state index is 0. The molecule has 0 rings (SSSR count). The van der Waals surface area contributed by atoms with Gasteiger partial charge in [-0.15, -0.1) is 0 Å². The molecule has 206 valence electrons. The smallest absolute Gasteiger partial charge is 0.236 e. The third-order valence-electron chi connectivity index (χ3n) is 5.44. The van der Waals surface area contributed by atoms with Crippen LogP contribution < -0.4 is 10.6 Å². The van der Waals surface area contributed by atoms with Crippen molar-refractivity contribution in [3.63, 3.8) is 0 Å². The van der Waals surface area contributed by atoms with Gasteiger partial charge in [0.15, 0.2) is 0 Å². The molecule has 0 aliphatic heterocycles. The van der Waals surface area contributed by atoms with E-state index in [0.29, 0.717) is 13.1 Å². The summed E-state index contributed by atoms with van der Waals surface area (Å²) in [7, 11) is 0. The first-order valence-electron chi connectivity index (χ1n) is 12.1. The van der Waals surface area contributed by atoms with Gasteiger partial charge in [0.25, 0.3) is 0 Å². The molecular formula is C24H54N4O2S4. The van der Waals surface area contributed by atoms with Gasteiger partial charge < -0.3 is 15.8 Å². The summed E-state index contributed by atoms with van der Waals surface area (Å²) in [5, 5.41) is 17.0. The Morgan fingerprint density at radius 2 is 1.50 bits per heavy atom. The van der Waals surface area contributed by atoms with Crippen LogP contribution in [0.1, 0.15) is 68.2 Å². The van der Waals surface area contributed by atoms with E-state index in [1.165, 1.54) is 30.1 Å². The van der Waals surface area contributed by atoms with Crippen molar-refractivity contribution >= 4 is 54.9 Å². The van der Waals surface area contributed by atoms with E-state index < -0.39 is 0 Å². The zero-order valence-corrected chi connectivity index (χ0v) is 25.2. The summed E-state index contributed by atoms with van der Waals surface area (Å²) in [4.78, 5) is 11.8. The molecule has 3 N–H and O–H groups in total. The first-order chi connectivity index (χ1) is 15.4. The highest BCUT2D eigenvalue weighted by Gasteiger charge is 2.20. The fraction of sp³-hybridized carbons (Fsp3) is 0.958. The molecule has 6 nitrogen and oxygen atoms in total. The fourth-order valence-electron chi connectivity index (χ4n) is 2.80. The first kappa shape index (κ1) is 36.9. The van der Waals surface area contributed by atoms with E-state index in [9.17, 15) is 10.0 Å². The molecule has 10 heteroatoms. The largest absolute Gasteiger partial charge is 0.354 e. The lowest BCUT2D eigenvalue weighted by Gasteiger charge is -2.28. The first-order valence-corrected chi connectivity index (χ1v) is 15.3. The van der Waals surface area contributed by atoms with Crippen molar-refractivity contribution in [3.8, 4) is 0 Å². The van der Waals surface area contributed by atoms with Crippen LogP contribution in [-0.4, -0.2) is 88.1 Å². The van der Waals surface area contributed by atoms with Gasteiger partial charge >= 0.3 is 0 Å². The Morgan fingerprint density at radius 3 is 2.00 bits per heavy atom. The van der Waals surface area contributed by atoms with Crippen LogP contribution in [0.2, 0.25) is 0 Å². The number of carbonyl (C=O) groups excluding carboxylic acids is 1. The van der Waals surface area contributed by atoms with Crippen LogP contribution in [0.25, 0.3) is 0 Å². The molecule has 1 amide bonds. The number of hydrogen-bond donors (Lipinski definition) is 5. The van der Waals surface area contributed by atoms with Crippen LogP contribution in [0.4, 0.5) is 0 Å². The number of thioether (sulfide) groups is 2. The molecule has 0 heterocycles. The third-order valence-corrected chi connectivity index (χ3v) is 8.38. The van der Waals surface area contributed by atoms with Gasteiger partial charge in [-0.05, 0) is 53.1 Å². The molecule has 0 fully saturated rings. The van der Waals surface area contributed by atoms with E-state index in [1.807, 2.05) is 23.0 Å². The van der Waals surface area contributed by atoms with Crippen LogP contribution in [0.5, 0.6) is 0 Å². The highest BCUT2D eigenvalue weighted by Crippen LogP contribution is 2.24. The lowest BCUT2D eigenvalue weighted by molar-refractivity contribution is -0.137. The Bertz CT molecular complexity index is 513. The summed E-state index contributed by atoms with van der Waals surface area (Å²) in [5.74, 6) is 4.59. The van der Waals surface area contributed by atoms with Crippen molar-refractivity contribution in [2.45, 2.75) is 73.6 Å². The summed E-state index contributed by atoms with van der Waals surface area (Å²) in [6.07, 6.45) is 3.50. The van der Waals surface area contributed by atoms with Crippen LogP contribution in [0.3, 0.4) is 0 Å². The number of nitrogens with zero attached hydrogens (tertiary/aromatic N) is 2. The molecule has 0 spiro atoms. The maximum atomic E-state index is 11.8. The zero-order chi connectivity index (χ0) is 25.3. The Kier molecular flexibility index (Phi) is 22.5. The number of hydrogen-bond acceptors (Lipinski definition) is 9. The molecule has 0 saturated carbocycles. The minimum Gasteiger partial charge on any atom is -0.354 e. The highest BCUT2D eigenvalue weighted by atomic mass is 32.2. The summed E-state index contributed by atoms with van der Waals surface area (Å²) in [5.41, 5.74) is 0.334. The highest BCUT2D eigenvalue weighted by molar-refractivity contribution is 8.00. The number of carbonyl (C=O) groups is 1. The van der Waals surface area contributed by atoms with Crippen molar-refractivity contribution in [3.05, 3.63) is 0 Å². The van der Waals surface area contributed by atoms with Gasteiger partial charge in [0.1, 0.15) is 6.54 Å². The van der Waals surface area contributed by atoms with Crippen molar-refractivity contribution in [2.24, 2.45) is 10.8 Å². The lowest BCUT2D eigenvalue weighted by atomic mass is 9.90. The van der Waals surface area contributed by atoms with Gasteiger partial charge in [-0.25, -0.2) is 0 Å². The quantitative estimate of drug-likeness (QED) is 0.0578. The summed E-state index contributed by atoms with van der Waals surface area (Å²) < 4.78 is 1.98. The van der Waals surface area contributed by atoms with E-state index in [-0.39, 0.29) is 36.1 Å². The number of amides is 1. The van der Waals surface area contributed by atoms with Gasteiger partial charge in [-0.2, -0.15) is 41.2 Å². The Morgan fingerprint density at radius 1 is 0.971 bits per heavy atom. The topological polar surface area (TPSA) is 67.8 Å². The van der Waals surface area contributed by atoms with Gasteiger partial charge in [0.05, 0.1) is 5.37 Å². The third kappa shape index (κ3) is 21.9. The van der Waals surface area contributed by atoms with E-state index in [4.69, 9.17) is 0 Å². The van der Waals surface area contributed by atoms with Crippen molar-refractivity contribution in [1.29, 1.82) is 0 Å². The van der Waals surface area contributed by atoms with Gasteiger partial charge in [0, 0.05) is 32.7 Å². The number of rotatable bonds is 21. The second-order valence-corrected chi connectivity index (χ2v) is 13.7. The summed E-state index contributed by atoms with van der Waals surface area (Å²) >= 11 is 13.1. The molecule has 0 aromatic heterocycles. The molecule has 0 aromatic carbocycles. The number of nitrogens with one attached hydrogen (secondary N) is 2. The van der Waals surface area contributed by atoms with Crippen molar-refractivity contribution in [2.75, 3.05) is 62.3 Å². The second kappa shape index (κ2) is 20.7. The Hall–Kier alpha value is 0.710. The SMILES string of the molecule is C.CCN(O)CC(=O)NCC(C)(C)CCSCCCSCCC(C)(C)CNC(S)CN(S)CC. The number of hydroxylamine groups is 2. The van der Waals surface area contributed by atoms with Gasteiger partial charge in [0.2, 0.25) is 5.91 Å².